The van der Waals surface area contributed by atoms with Gasteiger partial charge >= 0.3 is 0 Å². The fraction of sp³-hybridized carbons (Fsp3) is 0.263. The Balaban J connectivity index is 1.42. The van der Waals surface area contributed by atoms with Gasteiger partial charge in [-0.15, -0.1) is 12.6 Å². The van der Waals surface area contributed by atoms with Gasteiger partial charge in [-0.1, -0.05) is 117 Å². The van der Waals surface area contributed by atoms with E-state index in [0.29, 0.717) is 0 Å². The molecule has 10 rings (SSSR count). The minimum Gasteiger partial charge on any atom is -0.388 e. The van der Waals surface area contributed by atoms with Gasteiger partial charge in [0.15, 0.2) is 7.28 Å². The molecule has 0 saturated heterocycles. The fourth-order valence-electron chi connectivity index (χ4n) is 11.8. The van der Waals surface area contributed by atoms with Gasteiger partial charge in [0, 0.05) is 41.6 Å². The predicted octanol–water partition coefficient (Wildman–Crippen LogP) is 13.8. The van der Waals surface area contributed by atoms with Crippen molar-refractivity contribution in [3.63, 3.8) is 0 Å². The molecule has 0 amide bonds. The lowest BCUT2D eigenvalue weighted by Gasteiger charge is -2.52. The van der Waals surface area contributed by atoms with Crippen LogP contribution in [0.15, 0.2) is 126 Å². The SMILES string of the molecule is CNc1ccc(N2c3cc(-c4c(C)cc(C)cc4C)cc(c3S)-c3cc(NC)cc(c3C)C3(C)CCCCC3(C)Cc3ccc4c(c32)[B]c2ccccc2-4)c(-c2ccccc2)c1. The van der Waals surface area contributed by atoms with E-state index in [1.165, 1.54) is 96.2 Å². The molecule has 3 nitrogen and oxygen atoms in total. The number of benzene rings is 7. The zero-order chi connectivity index (χ0) is 43.1. The summed E-state index contributed by atoms with van der Waals surface area (Å²) in [6.45, 7) is 14.3. The van der Waals surface area contributed by atoms with Crippen LogP contribution in [-0.4, -0.2) is 21.4 Å². The summed E-state index contributed by atoms with van der Waals surface area (Å²) in [5.41, 5.74) is 25.8. The molecule has 2 heterocycles. The first kappa shape index (κ1) is 40.4. The van der Waals surface area contributed by atoms with Crippen LogP contribution < -0.4 is 26.5 Å². The Morgan fingerprint density at radius 2 is 1.32 bits per heavy atom. The van der Waals surface area contributed by atoms with Crippen LogP contribution in [0.2, 0.25) is 0 Å². The van der Waals surface area contributed by atoms with Gasteiger partial charge < -0.3 is 15.5 Å². The molecule has 1 aliphatic carbocycles. The molecule has 2 N–H and O–H groups in total. The highest BCUT2D eigenvalue weighted by molar-refractivity contribution is 7.80. The zero-order valence-electron chi connectivity index (χ0n) is 37.6. The predicted molar refractivity (Wildman–Crippen MR) is 271 cm³/mol. The highest BCUT2D eigenvalue weighted by Crippen LogP contribution is 2.58. The van der Waals surface area contributed by atoms with Crippen LogP contribution >= 0.6 is 12.6 Å². The van der Waals surface area contributed by atoms with Crippen LogP contribution in [0.5, 0.6) is 0 Å². The largest absolute Gasteiger partial charge is 0.388 e. The number of thiol groups is 1. The molecule has 0 spiro atoms. The molecule has 2 aliphatic heterocycles. The first-order valence-corrected chi connectivity index (χ1v) is 22.9. The standard InChI is InChI=1S/C57H57BN3S/c1-34-26-35(2)52(36(3)27-34)40-28-47-45-31-42(60-8)32-48(37(45)4)57(6)25-15-14-24-56(57,5)33-39-20-22-44-43-18-12-13-19-49(43)58-53(44)54(39)61(51(29-40)55(47)62)50-23-21-41(59-7)30-46(50)38-16-10-9-11-17-38/h9-13,16-23,26-32,59-60,62H,14-15,24-25,33H2,1-8H3. The van der Waals surface area contributed by atoms with E-state index in [4.69, 9.17) is 12.6 Å². The van der Waals surface area contributed by atoms with Crippen molar-refractivity contribution in [2.24, 2.45) is 5.41 Å². The summed E-state index contributed by atoms with van der Waals surface area (Å²) in [7, 11) is 6.54. The highest BCUT2D eigenvalue weighted by Gasteiger charge is 2.49. The molecule has 62 heavy (non-hydrogen) atoms. The summed E-state index contributed by atoms with van der Waals surface area (Å²) < 4.78 is 0. The van der Waals surface area contributed by atoms with E-state index in [2.05, 4.69) is 193 Å². The van der Waals surface area contributed by atoms with Gasteiger partial charge in [-0.2, -0.15) is 0 Å². The number of hydrogen-bond donors (Lipinski definition) is 3. The quantitative estimate of drug-likeness (QED) is 0.119. The maximum Gasteiger partial charge on any atom is 0.195 e. The van der Waals surface area contributed by atoms with Gasteiger partial charge in [-0.25, -0.2) is 0 Å². The Bertz CT molecular complexity index is 2910. The van der Waals surface area contributed by atoms with Crippen molar-refractivity contribution < 1.29 is 0 Å². The Labute approximate surface area is 375 Å². The van der Waals surface area contributed by atoms with Gasteiger partial charge in [-0.3, -0.25) is 0 Å². The molecule has 4 bridgehead atoms. The van der Waals surface area contributed by atoms with E-state index in [1.807, 2.05) is 7.05 Å². The molecule has 1 radical (unpaired) electrons. The summed E-state index contributed by atoms with van der Waals surface area (Å²) >= 11 is 5.78. The molecule has 7 aromatic rings. The second kappa shape index (κ2) is 15.3. The Hall–Kier alpha value is -5.65. The van der Waals surface area contributed by atoms with Gasteiger partial charge in [0.05, 0.1) is 11.4 Å². The summed E-state index contributed by atoms with van der Waals surface area (Å²) in [5.74, 6) is 0. The lowest BCUT2D eigenvalue weighted by atomic mass is 9.52. The number of fused-ring (bicyclic) bond motifs is 12. The Morgan fingerprint density at radius 1 is 0.613 bits per heavy atom. The lowest BCUT2D eigenvalue weighted by Crippen LogP contribution is -2.46. The molecular formula is C57H57BN3S. The maximum absolute atomic E-state index is 5.78. The molecule has 1 fully saturated rings. The normalized spacial score (nSPS) is 18.6. The zero-order valence-corrected chi connectivity index (χ0v) is 38.4. The number of hydrogen-bond acceptors (Lipinski definition) is 4. The molecule has 1 saturated carbocycles. The smallest absolute Gasteiger partial charge is 0.195 e. The van der Waals surface area contributed by atoms with Crippen molar-refractivity contribution in [1.82, 2.24) is 0 Å². The summed E-state index contributed by atoms with van der Waals surface area (Å²) in [6.07, 6.45) is 5.69. The van der Waals surface area contributed by atoms with E-state index in [0.717, 1.165) is 58.0 Å². The van der Waals surface area contributed by atoms with E-state index >= 15 is 0 Å². The number of aryl methyl sites for hydroxylation is 3. The van der Waals surface area contributed by atoms with Crippen molar-refractivity contribution in [1.29, 1.82) is 0 Å². The van der Waals surface area contributed by atoms with Crippen LogP contribution in [0, 0.1) is 33.1 Å². The molecule has 2 atom stereocenters. The van der Waals surface area contributed by atoms with Crippen LogP contribution in [0.1, 0.15) is 72.9 Å². The molecule has 309 valence electrons. The minimum absolute atomic E-state index is 0.0318. The van der Waals surface area contributed by atoms with Gasteiger partial charge in [0.2, 0.25) is 0 Å². The van der Waals surface area contributed by atoms with Crippen LogP contribution in [-0.2, 0) is 11.8 Å². The van der Waals surface area contributed by atoms with Gasteiger partial charge in [0.25, 0.3) is 0 Å². The fourth-order valence-corrected chi connectivity index (χ4v) is 12.1. The highest BCUT2D eigenvalue weighted by atomic mass is 32.1. The van der Waals surface area contributed by atoms with Crippen molar-refractivity contribution >= 4 is 59.3 Å². The summed E-state index contributed by atoms with van der Waals surface area (Å²) in [5, 5.41) is 7.09. The van der Waals surface area contributed by atoms with Crippen LogP contribution in [0.3, 0.4) is 0 Å². The molecular weight excluding hydrogens is 770 g/mol. The number of nitrogens with zero attached hydrogens (tertiary/aromatic N) is 1. The summed E-state index contributed by atoms with van der Waals surface area (Å²) in [4.78, 5) is 3.59. The third-order valence-electron chi connectivity index (χ3n) is 15.1. The van der Waals surface area contributed by atoms with Crippen molar-refractivity contribution in [3.8, 4) is 44.5 Å². The van der Waals surface area contributed by atoms with Crippen molar-refractivity contribution in [3.05, 3.63) is 155 Å². The number of anilines is 5. The third-order valence-corrected chi connectivity index (χ3v) is 15.6. The topological polar surface area (TPSA) is 27.3 Å². The van der Waals surface area contributed by atoms with Crippen LogP contribution in [0.25, 0.3) is 44.5 Å². The monoisotopic (exact) mass is 826 g/mol. The Morgan fingerprint density at radius 3 is 2.08 bits per heavy atom. The molecule has 2 unspecified atom stereocenters. The van der Waals surface area contributed by atoms with Crippen molar-refractivity contribution in [2.45, 2.75) is 84.0 Å². The molecule has 5 heteroatoms. The van der Waals surface area contributed by atoms with E-state index in [1.54, 1.807) is 0 Å². The average molecular weight is 827 g/mol. The molecule has 7 aromatic carbocycles. The van der Waals surface area contributed by atoms with E-state index < -0.39 is 0 Å². The van der Waals surface area contributed by atoms with Gasteiger partial charge in [-0.05, 0) is 172 Å². The Kier molecular flexibility index (Phi) is 9.98. The van der Waals surface area contributed by atoms with E-state index in [9.17, 15) is 0 Å². The van der Waals surface area contributed by atoms with Crippen LogP contribution in [0.4, 0.5) is 28.4 Å². The summed E-state index contributed by atoms with van der Waals surface area (Å²) in [6, 6.07) is 46.0. The first-order valence-electron chi connectivity index (χ1n) is 22.5. The third kappa shape index (κ3) is 6.33. The number of rotatable bonds is 5. The maximum atomic E-state index is 5.78. The van der Waals surface area contributed by atoms with E-state index in [-0.39, 0.29) is 10.8 Å². The lowest BCUT2D eigenvalue weighted by molar-refractivity contribution is 0.0876. The number of nitrogens with one attached hydrogen (secondary N) is 2. The minimum atomic E-state index is -0.0884. The molecule has 3 aliphatic rings. The second-order valence-electron chi connectivity index (χ2n) is 18.8. The average Bonchev–Trinajstić information content (AvgIpc) is 3.65. The van der Waals surface area contributed by atoms with Crippen molar-refractivity contribution in [2.75, 3.05) is 29.6 Å². The van der Waals surface area contributed by atoms with Gasteiger partial charge in [0.1, 0.15) is 0 Å². The first-order chi connectivity index (χ1) is 29.9. The molecule has 0 aromatic heterocycles. The second-order valence-corrected chi connectivity index (χ2v) is 19.3.